The summed E-state index contributed by atoms with van der Waals surface area (Å²) >= 11 is 0. The van der Waals surface area contributed by atoms with E-state index in [1.807, 2.05) is 44.2 Å². The Morgan fingerprint density at radius 3 is 2.83 bits per heavy atom. The second kappa shape index (κ2) is 5.04. The Morgan fingerprint density at radius 2 is 2.11 bits per heavy atom. The van der Waals surface area contributed by atoms with Gasteiger partial charge < -0.3 is 11.1 Å². The van der Waals surface area contributed by atoms with E-state index in [0.717, 1.165) is 22.3 Å². The van der Waals surface area contributed by atoms with Crippen molar-refractivity contribution in [3.05, 3.63) is 36.0 Å². The van der Waals surface area contributed by atoms with Gasteiger partial charge in [-0.15, -0.1) is 0 Å². The number of anilines is 1. The highest BCUT2D eigenvalue weighted by Gasteiger charge is 2.06. The van der Waals surface area contributed by atoms with Crippen LogP contribution < -0.4 is 11.1 Å². The fraction of sp³-hybridized carbons (Fsp3) is 0.286. The lowest BCUT2D eigenvalue weighted by atomic mass is 10.1. The number of carbonyl (C=O) groups is 1. The Kier molecular flexibility index (Phi) is 3.46. The molecule has 0 bridgehead atoms. The van der Waals surface area contributed by atoms with Crippen molar-refractivity contribution in [2.45, 2.75) is 26.3 Å². The third-order valence-corrected chi connectivity index (χ3v) is 2.56. The largest absolute Gasteiger partial charge is 0.399 e. The van der Waals surface area contributed by atoms with E-state index in [-0.39, 0.29) is 11.9 Å². The molecule has 1 aromatic heterocycles. The van der Waals surface area contributed by atoms with Gasteiger partial charge in [0, 0.05) is 17.1 Å². The maximum Gasteiger partial charge on any atom is 0.226 e. The first kappa shape index (κ1) is 12.4. The predicted molar refractivity (Wildman–Crippen MR) is 73.1 cm³/mol. The van der Waals surface area contributed by atoms with Crippen LogP contribution in [0.25, 0.3) is 10.9 Å². The van der Waals surface area contributed by atoms with Gasteiger partial charge in [-0.25, -0.2) is 0 Å². The molecule has 0 unspecified atom stereocenters. The topological polar surface area (TPSA) is 68.0 Å². The number of hydrogen-bond donors (Lipinski definition) is 2. The van der Waals surface area contributed by atoms with Crippen molar-refractivity contribution < 1.29 is 4.79 Å². The number of amides is 1. The molecule has 0 saturated carbocycles. The SMILES string of the molecule is CC(C)NC(=O)Cc1ccc2cc(N)ccc2n1. The van der Waals surface area contributed by atoms with Crippen molar-refractivity contribution in [3.63, 3.8) is 0 Å². The van der Waals surface area contributed by atoms with Crippen molar-refractivity contribution in [2.75, 3.05) is 5.73 Å². The molecule has 0 aliphatic heterocycles. The normalized spacial score (nSPS) is 10.8. The van der Waals surface area contributed by atoms with E-state index in [1.165, 1.54) is 0 Å². The first-order valence-electron chi connectivity index (χ1n) is 5.99. The minimum absolute atomic E-state index is 0.00713. The molecule has 0 spiro atoms. The molecule has 4 nitrogen and oxygen atoms in total. The van der Waals surface area contributed by atoms with Crippen LogP contribution in [0.5, 0.6) is 0 Å². The van der Waals surface area contributed by atoms with E-state index >= 15 is 0 Å². The number of pyridine rings is 1. The van der Waals surface area contributed by atoms with Crippen LogP contribution in [-0.2, 0) is 11.2 Å². The number of carbonyl (C=O) groups excluding carboxylic acids is 1. The summed E-state index contributed by atoms with van der Waals surface area (Å²) in [5.41, 5.74) is 8.05. The first-order valence-corrected chi connectivity index (χ1v) is 5.99. The fourth-order valence-electron chi connectivity index (χ4n) is 1.82. The number of benzene rings is 1. The van der Waals surface area contributed by atoms with Gasteiger partial charge in [-0.2, -0.15) is 0 Å². The summed E-state index contributed by atoms with van der Waals surface area (Å²) in [6, 6.07) is 9.51. The molecule has 1 amide bonds. The van der Waals surface area contributed by atoms with Crippen LogP contribution in [0.1, 0.15) is 19.5 Å². The summed E-state index contributed by atoms with van der Waals surface area (Å²) < 4.78 is 0. The van der Waals surface area contributed by atoms with Crippen molar-refractivity contribution in [1.82, 2.24) is 10.3 Å². The molecule has 1 aromatic carbocycles. The second-order valence-corrected chi connectivity index (χ2v) is 4.65. The van der Waals surface area contributed by atoms with Crippen LogP contribution in [0.4, 0.5) is 5.69 Å². The number of nitrogens with one attached hydrogen (secondary N) is 1. The summed E-state index contributed by atoms with van der Waals surface area (Å²) in [5.74, 6) is -0.00713. The van der Waals surface area contributed by atoms with Crippen LogP contribution in [0.3, 0.4) is 0 Å². The van der Waals surface area contributed by atoms with Crippen molar-refractivity contribution in [2.24, 2.45) is 0 Å². The van der Waals surface area contributed by atoms with Gasteiger partial charge in [0.15, 0.2) is 0 Å². The summed E-state index contributed by atoms with van der Waals surface area (Å²) in [6.07, 6.45) is 0.304. The monoisotopic (exact) mass is 243 g/mol. The molecule has 0 saturated heterocycles. The highest BCUT2D eigenvalue weighted by Crippen LogP contribution is 2.16. The molecule has 3 N–H and O–H groups in total. The molecule has 4 heteroatoms. The Balaban J connectivity index is 2.20. The van der Waals surface area contributed by atoms with Crippen LogP contribution in [0.15, 0.2) is 30.3 Å². The zero-order valence-corrected chi connectivity index (χ0v) is 10.6. The van der Waals surface area contributed by atoms with E-state index in [0.29, 0.717) is 6.42 Å². The summed E-state index contributed by atoms with van der Waals surface area (Å²) in [6.45, 7) is 3.88. The Labute approximate surface area is 106 Å². The third-order valence-electron chi connectivity index (χ3n) is 2.56. The minimum Gasteiger partial charge on any atom is -0.399 e. The average molecular weight is 243 g/mol. The Hall–Kier alpha value is -2.10. The molecular formula is C14H17N3O. The van der Waals surface area contributed by atoms with Gasteiger partial charge >= 0.3 is 0 Å². The molecule has 0 aliphatic carbocycles. The maximum absolute atomic E-state index is 11.6. The predicted octanol–water partition coefficient (Wildman–Crippen LogP) is 1.88. The third kappa shape index (κ3) is 2.97. The molecule has 0 fully saturated rings. The van der Waals surface area contributed by atoms with Gasteiger partial charge in [-0.3, -0.25) is 9.78 Å². The van der Waals surface area contributed by atoms with Gasteiger partial charge in [0.1, 0.15) is 0 Å². The average Bonchev–Trinajstić information content (AvgIpc) is 2.28. The Bertz CT molecular complexity index is 578. The van der Waals surface area contributed by atoms with Crippen LogP contribution in [0, 0.1) is 0 Å². The molecule has 94 valence electrons. The van der Waals surface area contributed by atoms with Gasteiger partial charge in [0.2, 0.25) is 5.91 Å². The summed E-state index contributed by atoms with van der Waals surface area (Å²) in [4.78, 5) is 16.1. The zero-order chi connectivity index (χ0) is 13.1. The molecule has 2 rings (SSSR count). The van der Waals surface area contributed by atoms with E-state index in [1.54, 1.807) is 0 Å². The van der Waals surface area contributed by atoms with E-state index in [2.05, 4.69) is 10.3 Å². The van der Waals surface area contributed by atoms with Crippen LogP contribution in [0.2, 0.25) is 0 Å². The highest BCUT2D eigenvalue weighted by atomic mass is 16.1. The van der Waals surface area contributed by atoms with Crippen molar-refractivity contribution in [1.29, 1.82) is 0 Å². The number of nitrogens with two attached hydrogens (primary N) is 1. The number of nitrogen functional groups attached to an aromatic ring is 1. The van der Waals surface area contributed by atoms with E-state index in [9.17, 15) is 4.79 Å². The quantitative estimate of drug-likeness (QED) is 0.809. The molecule has 1 heterocycles. The first-order chi connectivity index (χ1) is 8.54. The molecular weight excluding hydrogens is 226 g/mol. The second-order valence-electron chi connectivity index (χ2n) is 4.65. The van der Waals surface area contributed by atoms with Gasteiger partial charge in [-0.05, 0) is 38.1 Å². The summed E-state index contributed by atoms with van der Waals surface area (Å²) in [7, 11) is 0. The highest BCUT2D eigenvalue weighted by molar-refractivity contribution is 5.83. The van der Waals surface area contributed by atoms with E-state index in [4.69, 9.17) is 5.73 Å². The molecule has 0 radical (unpaired) electrons. The zero-order valence-electron chi connectivity index (χ0n) is 10.6. The fourth-order valence-corrected chi connectivity index (χ4v) is 1.82. The van der Waals surface area contributed by atoms with E-state index < -0.39 is 0 Å². The smallest absolute Gasteiger partial charge is 0.226 e. The standard InChI is InChI=1S/C14H17N3O/c1-9(2)16-14(18)8-12-5-3-10-7-11(15)4-6-13(10)17-12/h3-7,9H,8,15H2,1-2H3,(H,16,18). The lowest BCUT2D eigenvalue weighted by molar-refractivity contribution is -0.120. The maximum atomic E-state index is 11.6. The van der Waals surface area contributed by atoms with Crippen molar-refractivity contribution >= 4 is 22.5 Å². The van der Waals surface area contributed by atoms with Crippen molar-refractivity contribution in [3.8, 4) is 0 Å². The minimum atomic E-state index is -0.00713. The number of hydrogen-bond acceptors (Lipinski definition) is 3. The van der Waals surface area contributed by atoms with Gasteiger partial charge in [-0.1, -0.05) is 6.07 Å². The van der Waals surface area contributed by atoms with Crippen LogP contribution >= 0.6 is 0 Å². The molecule has 0 aliphatic rings. The summed E-state index contributed by atoms with van der Waals surface area (Å²) in [5, 5.41) is 3.84. The number of aromatic nitrogens is 1. The lowest BCUT2D eigenvalue weighted by Crippen LogP contribution is -2.31. The van der Waals surface area contributed by atoms with Gasteiger partial charge in [0.25, 0.3) is 0 Å². The number of nitrogens with zero attached hydrogens (tertiary/aromatic N) is 1. The van der Waals surface area contributed by atoms with Crippen LogP contribution in [-0.4, -0.2) is 16.9 Å². The number of rotatable bonds is 3. The Morgan fingerprint density at radius 1 is 1.33 bits per heavy atom. The number of fused-ring (bicyclic) bond motifs is 1. The van der Waals surface area contributed by atoms with Gasteiger partial charge in [0.05, 0.1) is 17.6 Å². The molecule has 18 heavy (non-hydrogen) atoms. The molecule has 0 atom stereocenters. The molecule has 2 aromatic rings. The lowest BCUT2D eigenvalue weighted by Gasteiger charge is -2.08.